The van der Waals surface area contributed by atoms with Gasteiger partial charge in [-0.3, -0.25) is 9.67 Å². The Morgan fingerprint density at radius 2 is 2.35 bits per heavy atom. The molecule has 1 atom stereocenters. The van der Waals surface area contributed by atoms with Crippen LogP contribution in [0.15, 0.2) is 12.1 Å². The maximum absolute atomic E-state index is 5.98. The van der Waals surface area contributed by atoms with E-state index in [0.717, 1.165) is 10.2 Å². The van der Waals surface area contributed by atoms with Gasteiger partial charge in [0.15, 0.2) is 4.77 Å². The van der Waals surface area contributed by atoms with Gasteiger partial charge in [0, 0.05) is 10.8 Å². The summed E-state index contributed by atoms with van der Waals surface area (Å²) in [5, 5.41) is 7.25. The molecule has 2 aromatic rings. The highest BCUT2D eigenvalue weighted by atomic mass is 35.5. The van der Waals surface area contributed by atoms with Crippen LogP contribution >= 0.6 is 35.2 Å². The van der Waals surface area contributed by atoms with Gasteiger partial charge in [-0.05, 0) is 44.1 Å². The van der Waals surface area contributed by atoms with E-state index in [1.807, 2.05) is 6.07 Å². The van der Waals surface area contributed by atoms with Gasteiger partial charge < -0.3 is 0 Å². The van der Waals surface area contributed by atoms with Gasteiger partial charge in [0.25, 0.3) is 0 Å². The average molecular weight is 286 g/mol. The fraction of sp³-hybridized carbons (Fsp3) is 0.455. The third kappa shape index (κ3) is 2.07. The van der Waals surface area contributed by atoms with Gasteiger partial charge in [0.05, 0.1) is 10.4 Å². The monoisotopic (exact) mass is 285 g/mol. The minimum Gasteiger partial charge on any atom is -0.296 e. The molecular weight excluding hydrogens is 274 g/mol. The Morgan fingerprint density at radius 3 is 2.94 bits per heavy atom. The van der Waals surface area contributed by atoms with Crippen LogP contribution in [0.2, 0.25) is 4.34 Å². The zero-order valence-electron chi connectivity index (χ0n) is 9.31. The van der Waals surface area contributed by atoms with E-state index in [9.17, 15) is 0 Å². The summed E-state index contributed by atoms with van der Waals surface area (Å²) in [4.78, 5) is 1.22. The van der Waals surface area contributed by atoms with E-state index in [2.05, 4.69) is 27.8 Å². The zero-order chi connectivity index (χ0) is 12.0. The van der Waals surface area contributed by atoms with E-state index in [0.29, 0.717) is 10.7 Å². The summed E-state index contributed by atoms with van der Waals surface area (Å²) in [6.45, 7) is 2.14. The average Bonchev–Trinajstić information content (AvgIpc) is 2.94. The van der Waals surface area contributed by atoms with Gasteiger partial charge >= 0.3 is 0 Å². The fourth-order valence-electron chi connectivity index (χ4n) is 2.00. The molecule has 2 aromatic heterocycles. The Morgan fingerprint density at radius 1 is 1.59 bits per heavy atom. The highest BCUT2D eigenvalue weighted by Crippen LogP contribution is 2.41. The smallest absolute Gasteiger partial charge is 0.195 e. The van der Waals surface area contributed by atoms with Gasteiger partial charge in [-0.2, -0.15) is 5.10 Å². The van der Waals surface area contributed by atoms with Gasteiger partial charge in [-0.15, -0.1) is 11.3 Å². The Kier molecular flexibility index (Phi) is 2.84. The van der Waals surface area contributed by atoms with Crippen LogP contribution in [0, 0.1) is 4.77 Å². The molecule has 1 aliphatic rings. The van der Waals surface area contributed by atoms with Crippen molar-refractivity contribution in [2.24, 2.45) is 0 Å². The molecule has 0 radical (unpaired) electrons. The molecule has 0 saturated heterocycles. The number of aromatic amines is 1. The predicted octanol–water partition coefficient (Wildman–Crippen LogP) is 4.14. The SMILES string of the molecule is CC(c1ccc(Cl)s1)n1c(C2CC2)n[nH]c1=S. The summed E-state index contributed by atoms with van der Waals surface area (Å²) in [5.74, 6) is 1.67. The highest BCUT2D eigenvalue weighted by molar-refractivity contribution is 7.71. The second-order valence-corrected chi connectivity index (χ2v) is 6.48. The molecule has 0 spiro atoms. The van der Waals surface area contributed by atoms with Crippen molar-refractivity contribution in [1.82, 2.24) is 14.8 Å². The molecular formula is C11H12ClN3S2. The lowest BCUT2D eigenvalue weighted by atomic mass is 10.2. The maximum Gasteiger partial charge on any atom is 0.195 e. The molecule has 1 aliphatic carbocycles. The van der Waals surface area contributed by atoms with Gasteiger partial charge in [-0.1, -0.05) is 11.6 Å². The molecule has 1 fully saturated rings. The number of nitrogens with zero attached hydrogens (tertiary/aromatic N) is 2. The summed E-state index contributed by atoms with van der Waals surface area (Å²) in [5.41, 5.74) is 0. The first-order valence-electron chi connectivity index (χ1n) is 5.59. The van der Waals surface area contributed by atoms with Crippen molar-refractivity contribution in [2.75, 3.05) is 0 Å². The molecule has 6 heteroatoms. The molecule has 0 aromatic carbocycles. The number of hydrogen-bond acceptors (Lipinski definition) is 3. The molecule has 0 amide bonds. The molecule has 0 aliphatic heterocycles. The van der Waals surface area contributed by atoms with Gasteiger partial charge in [0.1, 0.15) is 5.82 Å². The Bertz CT molecular complexity index is 594. The second kappa shape index (κ2) is 4.23. The predicted molar refractivity (Wildman–Crippen MR) is 72.5 cm³/mol. The van der Waals surface area contributed by atoms with Gasteiger partial charge in [-0.25, -0.2) is 0 Å². The summed E-state index contributed by atoms with van der Waals surface area (Å²) in [7, 11) is 0. The Hall–Kier alpha value is -0.650. The van der Waals surface area contributed by atoms with Crippen molar-refractivity contribution in [1.29, 1.82) is 0 Å². The third-order valence-corrected chi connectivity index (χ3v) is 4.76. The largest absolute Gasteiger partial charge is 0.296 e. The number of thiophene rings is 1. The van der Waals surface area contributed by atoms with Crippen molar-refractivity contribution < 1.29 is 0 Å². The van der Waals surface area contributed by atoms with Crippen molar-refractivity contribution in [2.45, 2.75) is 31.7 Å². The molecule has 2 heterocycles. The van der Waals surface area contributed by atoms with Crippen LogP contribution in [0.3, 0.4) is 0 Å². The van der Waals surface area contributed by atoms with Gasteiger partial charge in [0.2, 0.25) is 0 Å². The van der Waals surface area contributed by atoms with E-state index >= 15 is 0 Å². The van der Waals surface area contributed by atoms with Crippen LogP contribution in [-0.2, 0) is 0 Å². The first-order chi connectivity index (χ1) is 8.16. The van der Waals surface area contributed by atoms with E-state index in [4.69, 9.17) is 23.8 Å². The summed E-state index contributed by atoms with van der Waals surface area (Å²) < 4.78 is 3.63. The van der Waals surface area contributed by atoms with Crippen molar-refractivity contribution in [3.05, 3.63) is 31.9 Å². The topological polar surface area (TPSA) is 33.6 Å². The van der Waals surface area contributed by atoms with E-state index < -0.39 is 0 Å². The molecule has 3 rings (SSSR count). The lowest BCUT2D eigenvalue weighted by Gasteiger charge is -2.13. The van der Waals surface area contributed by atoms with Crippen LogP contribution in [-0.4, -0.2) is 14.8 Å². The first kappa shape index (κ1) is 11.4. The minimum atomic E-state index is 0.203. The molecule has 3 nitrogen and oxygen atoms in total. The van der Waals surface area contributed by atoms with Crippen LogP contribution in [0.5, 0.6) is 0 Å². The molecule has 1 unspecified atom stereocenters. The molecule has 1 saturated carbocycles. The quantitative estimate of drug-likeness (QED) is 0.860. The molecule has 90 valence electrons. The number of hydrogen-bond donors (Lipinski definition) is 1. The standard InChI is InChI=1S/C11H12ClN3S2/c1-6(8-4-5-9(12)17-8)15-10(7-2-3-7)13-14-11(15)16/h4-7H,2-3H2,1H3,(H,14,16). The Labute approximate surface area is 113 Å². The number of aromatic nitrogens is 3. The molecule has 17 heavy (non-hydrogen) atoms. The maximum atomic E-state index is 5.98. The Balaban J connectivity index is 2.03. The van der Waals surface area contributed by atoms with Crippen LogP contribution in [0.25, 0.3) is 0 Å². The lowest BCUT2D eigenvalue weighted by Crippen LogP contribution is -2.09. The van der Waals surface area contributed by atoms with E-state index in [1.165, 1.54) is 17.7 Å². The fourth-order valence-corrected chi connectivity index (χ4v) is 3.40. The number of H-pyrrole nitrogens is 1. The zero-order valence-corrected chi connectivity index (χ0v) is 11.7. The summed E-state index contributed by atoms with van der Waals surface area (Å²) in [6, 6.07) is 4.19. The number of rotatable bonds is 3. The number of nitrogens with one attached hydrogen (secondary N) is 1. The van der Waals surface area contributed by atoms with Crippen LogP contribution < -0.4 is 0 Å². The second-order valence-electron chi connectivity index (χ2n) is 4.35. The third-order valence-electron chi connectivity index (χ3n) is 3.07. The molecule has 0 bridgehead atoms. The number of halogens is 1. The minimum absolute atomic E-state index is 0.203. The van der Waals surface area contributed by atoms with Crippen molar-refractivity contribution in [3.63, 3.8) is 0 Å². The lowest BCUT2D eigenvalue weighted by molar-refractivity contribution is 0.604. The van der Waals surface area contributed by atoms with Crippen LogP contribution in [0.4, 0.5) is 0 Å². The summed E-state index contributed by atoms with van der Waals surface area (Å²) >= 11 is 12.9. The van der Waals surface area contributed by atoms with E-state index in [-0.39, 0.29) is 6.04 Å². The summed E-state index contributed by atoms with van der Waals surface area (Å²) in [6.07, 6.45) is 2.44. The first-order valence-corrected chi connectivity index (χ1v) is 7.19. The van der Waals surface area contributed by atoms with E-state index in [1.54, 1.807) is 11.3 Å². The highest BCUT2D eigenvalue weighted by Gasteiger charge is 2.30. The van der Waals surface area contributed by atoms with Crippen molar-refractivity contribution in [3.8, 4) is 0 Å². The van der Waals surface area contributed by atoms with Crippen LogP contribution in [0.1, 0.15) is 42.4 Å². The molecule has 1 N–H and O–H groups in total. The normalized spacial score (nSPS) is 17.3. The van der Waals surface area contributed by atoms with Crippen molar-refractivity contribution >= 4 is 35.2 Å².